The summed E-state index contributed by atoms with van der Waals surface area (Å²) in [6.45, 7) is 12.4. The maximum absolute atomic E-state index is 12.9. The molecule has 1 saturated heterocycles. The molecule has 0 aliphatic carbocycles. The molecule has 7 nitrogen and oxygen atoms in total. The van der Waals surface area contributed by atoms with Crippen molar-refractivity contribution in [2.75, 3.05) is 0 Å². The number of alkyl carbamates (subject to hydrolysis) is 1. The van der Waals surface area contributed by atoms with Crippen LogP contribution in [0.1, 0.15) is 46.5 Å². The van der Waals surface area contributed by atoms with E-state index in [9.17, 15) is 19.5 Å². The maximum Gasteiger partial charge on any atom is 0.408 e. The van der Waals surface area contributed by atoms with Crippen LogP contribution in [-0.4, -0.2) is 51.7 Å². The van der Waals surface area contributed by atoms with Crippen LogP contribution in [0.4, 0.5) is 4.79 Å². The molecule has 1 aliphatic heterocycles. The second-order valence-corrected chi connectivity index (χ2v) is 7.08. The third kappa shape index (κ3) is 5.92. The van der Waals surface area contributed by atoms with Gasteiger partial charge >= 0.3 is 12.1 Å². The Morgan fingerprint density at radius 1 is 1.28 bits per heavy atom. The van der Waals surface area contributed by atoms with Crippen LogP contribution in [-0.2, 0) is 14.3 Å². The van der Waals surface area contributed by atoms with E-state index >= 15 is 0 Å². The smallest absolute Gasteiger partial charge is 0.408 e. The zero-order valence-electron chi connectivity index (χ0n) is 15.2. The zero-order valence-corrected chi connectivity index (χ0v) is 15.2. The number of likely N-dealkylation sites (tertiary alicyclic amines) is 1. The van der Waals surface area contributed by atoms with Gasteiger partial charge in [-0.1, -0.05) is 12.2 Å². The van der Waals surface area contributed by atoms with E-state index < -0.39 is 35.7 Å². The van der Waals surface area contributed by atoms with Crippen molar-refractivity contribution >= 4 is 18.0 Å². The Kier molecular flexibility index (Phi) is 7.21. The first kappa shape index (κ1) is 20.7. The minimum Gasteiger partial charge on any atom is -0.480 e. The van der Waals surface area contributed by atoms with Gasteiger partial charge in [0.1, 0.15) is 17.7 Å². The van der Waals surface area contributed by atoms with E-state index in [0.717, 1.165) is 0 Å². The van der Waals surface area contributed by atoms with Crippen molar-refractivity contribution in [2.24, 2.45) is 0 Å². The fraction of sp³-hybridized carbons (Fsp3) is 0.611. The minimum atomic E-state index is -1.05. The molecular weight excluding hydrogens is 324 g/mol. The first-order valence-electron chi connectivity index (χ1n) is 8.37. The van der Waals surface area contributed by atoms with E-state index in [4.69, 9.17) is 4.74 Å². The lowest BCUT2D eigenvalue weighted by Crippen LogP contribution is -2.54. The number of carboxylic acids is 1. The highest BCUT2D eigenvalue weighted by Gasteiger charge is 2.42. The number of carbonyl (C=O) groups excluding carboxylic acids is 2. The van der Waals surface area contributed by atoms with E-state index in [1.165, 1.54) is 11.0 Å². The zero-order chi connectivity index (χ0) is 19.2. The van der Waals surface area contributed by atoms with Gasteiger partial charge in [0.05, 0.1) is 0 Å². The lowest BCUT2D eigenvalue weighted by atomic mass is 10.1. The average Bonchev–Trinajstić information content (AvgIpc) is 2.88. The van der Waals surface area contributed by atoms with Crippen LogP contribution >= 0.6 is 0 Å². The molecule has 3 atom stereocenters. The summed E-state index contributed by atoms with van der Waals surface area (Å²) >= 11 is 0. The highest BCUT2D eigenvalue weighted by atomic mass is 16.6. The van der Waals surface area contributed by atoms with Crippen LogP contribution in [0, 0.1) is 0 Å². The van der Waals surface area contributed by atoms with Gasteiger partial charge in [-0.25, -0.2) is 9.59 Å². The largest absolute Gasteiger partial charge is 0.480 e. The Balaban J connectivity index is 2.97. The molecule has 0 aromatic carbocycles. The Bertz CT molecular complexity index is 538. The summed E-state index contributed by atoms with van der Waals surface area (Å²) in [5.74, 6) is -1.49. The summed E-state index contributed by atoms with van der Waals surface area (Å²) in [5.41, 5.74) is -0.700. The van der Waals surface area contributed by atoms with Gasteiger partial charge in [0.2, 0.25) is 5.91 Å². The van der Waals surface area contributed by atoms with Gasteiger partial charge < -0.3 is 20.1 Å². The van der Waals surface area contributed by atoms with Crippen LogP contribution in [0.3, 0.4) is 0 Å². The summed E-state index contributed by atoms with van der Waals surface area (Å²) in [6, 6.07) is -2.05. The van der Waals surface area contributed by atoms with Crippen LogP contribution in [0.2, 0.25) is 0 Å². The van der Waals surface area contributed by atoms with Gasteiger partial charge in [-0.05, 0) is 46.5 Å². The number of amides is 2. The highest BCUT2D eigenvalue weighted by Crippen LogP contribution is 2.28. The molecule has 0 aromatic heterocycles. The van der Waals surface area contributed by atoms with Crippen LogP contribution in [0.15, 0.2) is 25.3 Å². The van der Waals surface area contributed by atoms with Gasteiger partial charge in [0.25, 0.3) is 0 Å². The van der Waals surface area contributed by atoms with E-state index in [2.05, 4.69) is 18.5 Å². The Morgan fingerprint density at radius 2 is 1.92 bits per heavy atom. The van der Waals surface area contributed by atoms with Gasteiger partial charge in [-0.15, -0.1) is 13.2 Å². The molecule has 0 radical (unpaired) electrons. The first-order chi connectivity index (χ1) is 11.6. The number of hydrogen-bond acceptors (Lipinski definition) is 4. The number of rotatable bonds is 7. The molecule has 2 N–H and O–H groups in total. The van der Waals surface area contributed by atoms with Crippen molar-refractivity contribution < 1.29 is 24.2 Å². The normalized spacial score (nSPS) is 21.3. The number of carboxylic acid groups (broad SMARTS) is 1. The molecular formula is C18H28N2O5. The van der Waals surface area contributed by atoms with Crippen molar-refractivity contribution in [2.45, 2.75) is 70.2 Å². The summed E-state index contributed by atoms with van der Waals surface area (Å²) in [6.07, 6.45) is 4.10. The standard InChI is InChI=1S/C18H28N2O5/c1-6-8-12-10-11-14(16(22)23)20(12)15(21)13(9-7-2)19-17(24)25-18(3,4)5/h6-7,12-14H,1-2,8-11H2,3-5H3,(H,19,24)(H,22,23)/t12?,13-,14-/m0/s1. The third-order valence-electron chi connectivity index (χ3n) is 3.87. The van der Waals surface area contributed by atoms with Crippen LogP contribution in [0.5, 0.6) is 0 Å². The summed E-state index contributed by atoms with van der Waals surface area (Å²) in [5, 5.41) is 11.9. The van der Waals surface area contributed by atoms with Gasteiger partial charge in [-0.2, -0.15) is 0 Å². The molecule has 1 heterocycles. The average molecular weight is 352 g/mol. The van der Waals surface area contributed by atoms with Gasteiger partial charge in [0, 0.05) is 6.04 Å². The number of carbonyl (C=O) groups is 3. The lowest BCUT2D eigenvalue weighted by molar-refractivity contribution is -0.150. The molecule has 0 saturated carbocycles. The molecule has 1 rings (SSSR count). The Morgan fingerprint density at radius 3 is 2.40 bits per heavy atom. The number of ether oxygens (including phenoxy) is 1. The van der Waals surface area contributed by atoms with Crippen LogP contribution < -0.4 is 5.32 Å². The maximum atomic E-state index is 12.9. The number of nitrogens with zero attached hydrogens (tertiary/aromatic N) is 1. The molecule has 0 aromatic rings. The van der Waals surface area contributed by atoms with Gasteiger partial charge in [0.15, 0.2) is 0 Å². The monoisotopic (exact) mass is 352 g/mol. The minimum absolute atomic E-state index is 0.182. The van der Waals surface area contributed by atoms with Crippen molar-refractivity contribution in [1.82, 2.24) is 10.2 Å². The van der Waals surface area contributed by atoms with E-state index in [1.54, 1.807) is 26.8 Å². The number of hydrogen-bond donors (Lipinski definition) is 2. The summed E-state index contributed by atoms with van der Waals surface area (Å²) in [7, 11) is 0. The highest BCUT2D eigenvalue weighted by molar-refractivity contribution is 5.90. The topological polar surface area (TPSA) is 95.9 Å². The molecule has 140 valence electrons. The number of aliphatic carboxylic acids is 1. The SMILES string of the molecule is C=CCC1CC[C@@H](C(=O)O)N1C(=O)[C@H](CC=C)NC(=O)OC(C)(C)C. The Hall–Kier alpha value is -2.31. The summed E-state index contributed by atoms with van der Waals surface area (Å²) in [4.78, 5) is 37.8. The van der Waals surface area contributed by atoms with Crippen molar-refractivity contribution in [3.63, 3.8) is 0 Å². The van der Waals surface area contributed by atoms with Crippen molar-refractivity contribution in [1.29, 1.82) is 0 Å². The fourth-order valence-electron chi connectivity index (χ4n) is 2.90. The predicted octanol–water partition coefficient (Wildman–Crippen LogP) is 2.48. The second kappa shape index (κ2) is 8.69. The molecule has 1 unspecified atom stereocenters. The molecule has 7 heteroatoms. The second-order valence-electron chi connectivity index (χ2n) is 7.08. The van der Waals surface area contributed by atoms with E-state index in [1.807, 2.05) is 0 Å². The first-order valence-corrected chi connectivity index (χ1v) is 8.37. The molecule has 2 amide bonds. The molecule has 0 spiro atoms. The van der Waals surface area contributed by atoms with Crippen molar-refractivity contribution in [3.05, 3.63) is 25.3 Å². The third-order valence-corrected chi connectivity index (χ3v) is 3.87. The summed E-state index contributed by atoms with van der Waals surface area (Å²) < 4.78 is 5.19. The quantitative estimate of drug-likeness (QED) is 0.686. The lowest BCUT2D eigenvalue weighted by Gasteiger charge is -2.32. The Labute approximate surface area is 148 Å². The van der Waals surface area contributed by atoms with E-state index in [-0.39, 0.29) is 12.5 Å². The molecule has 1 aliphatic rings. The van der Waals surface area contributed by atoms with E-state index in [0.29, 0.717) is 19.3 Å². The van der Waals surface area contributed by atoms with Gasteiger partial charge in [-0.3, -0.25) is 4.79 Å². The number of nitrogens with one attached hydrogen (secondary N) is 1. The predicted molar refractivity (Wildman–Crippen MR) is 94.1 cm³/mol. The van der Waals surface area contributed by atoms with Crippen LogP contribution in [0.25, 0.3) is 0 Å². The molecule has 1 fully saturated rings. The fourth-order valence-corrected chi connectivity index (χ4v) is 2.90. The molecule has 25 heavy (non-hydrogen) atoms. The van der Waals surface area contributed by atoms with Crippen molar-refractivity contribution in [3.8, 4) is 0 Å². The molecule has 0 bridgehead atoms.